The van der Waals surface area contributed by atoms with E-state index in [1.165, 1.54) is 24.2 Å². The molecule has 0 spiro atoms. The molecule has 0 atom stereocenters. The third-order valence-electron chi connectivity index (χ3n) is 2.84. The molecule has 3 rings (SSSR count). The van der Waals surface area contributed by atoms with Crippen LogP contribution in [0.15, 0.2) is 18.3 Å². The zero-order chi connectivity index (χ0) is 9.54. The predicted molar refractivity (Wildman–Crippen MR) is 56.8 cm³/mol. The molecule has 2 aromatic heterocycles. The maximum absolute atomic E-state index is 5.97. The zero-order valence-electron chi connectivity index (χ0n) is 7.83. The molecule has 14 heavy (non-hydrogen) atoms. The van der Waals surface area contributed by atoms with Crippen molar-refractivity contribution in [2.45, 2.75) is 25.7 Å². The molecule has 0 radical (unpaired) electrons. The van der Waals surface area contributed by atoms with Crippen LogP contribution in [0.4, 0.5) is 0 Å². The van der Waals surface area contributed by atoms with Crippen LogP contribution in [0.2, 0.25) is 5.02 Å². The lowest BCUT2D eigenvalue weighted by molar-refractivity contribution is 0.660. The summed E-state index contributed by atoms with van der Waals surface area (Å²) in [6, 6.07) is 3.88. The van der Waals surface area contributed by atoms with Crippen LogP contribution in [0.3, 0.4) is 0 Å². The molecule has 0 aliphatic heterocycles. The number of rotatable bonds is 0. The van der Waals surface area contributed by atoms with Gasteiger partial charge >= 0.3 is 0 Å². The highest BCUT2D eigenvalue weighted by atomic mass is 35.5. The van der Waals surface area contributed by atoms with E-state index in [-0.39, 0.29) is 0 Å². The first kappa shape index (κ1) is 8.30. The van der Waals surface area contributed by atoms with Gasteiger partial charge in [-0.15, -0.1) is 0 Å². The third-order valence-corrected chi connectivity index (χ3v) is 3.07. The molecular formula is C11H11ClN2. The SMILES string of the molecule is Clc1ccc2nc3c(n2c1)CCCC3. The molecule has 2 nitrogen and oxygen atoms in total. The first-order valence-corrected chi connectivity index (χ1v) is 5.38. The second-order valence-electron chi connectivity index (χ2n) is 3.79. The molecule has 2 aromatic rings. The van der Waals surface area contributed by atoms with Gasteiger partial charge in [-0.25, -0.2) is 4.98 Å². The molecule has 0 fully saturated rings. The molecule has 1 aliphatic carbocycles. The number of aromatic nitrogens is 2. The molecule has 3 heteroatoms. The number of halogens is 1. The number of aryl methyl sites for hydroxylation is 2. The molecular weight excluding hydrogens is 196 g/mol. The van der Waals surface area contributed by atoms with Gasteiger partial charge in [0.2, 0.25) is 0 Å². The number of fused-ring (bicyclic) bond motifs is 3. The second-order valence-corrected chi connectivity index (χ2v) is 4.22. The number of imidazole rings is 1. The number of hydrogen-bond donors (Lipinski definition) is 0. The smallest absolute Gasteiger partial charge is 0.137 e. The van der Waals surface area contributed by atoms with Gasteiger partial charge in [-0.2, -0.15) is 0 Å². The standard InChI is InChI=1S/C11H11ClN2/c12-8-5-6-11-13-9-3-1-2-4-10(9)14(11)7-8/h5-7H,1-4H2. The Labute approximate surface area is 87.5 Å². The van der Waals surface area contributed by atoms with Gasteiger partial charge in [-0.1, -0.05) is 11.6 Å². The molecule has 0 N–H and O–H groups in total. The van der Waals surface area contributed by atoms with Crippen LogP contribution in [0.5, 0.6) is 0 Å². The Balaban J connectivity index is 2.32. The van der Waals surface area contributed by atoms with E-state index in [0.29, 0.717) is 0 Å². The van der Waals surface area contributed by atoms with E-state index in [1.54, 1.807) is 0 Å². The lowest BCUT2D eigenvalue weighted by Gasteiger charge is -2.09. The van der Waals surface area contributed by atoms with Crippen LogP contribution in [0, 0.1) is 0 Å². The van der Waals surface area contributed by atoms with Crippen LogP contribution >= 0.6 is 11.6 Å². The summed E-state index contributed by atoms with van der Waals surface area (Å²) >= 11 is 5.97. The Morgan fingerprint density at radius 2 is 2.07 bits per heavy atom. The molecule has 0 saturated heterocycles. The Kier molecular flexibility index (Phi) is 1.77. The number of nitrogens with zero attached hydrogens (tertiary/aromatic N) is 2. The van der Waals surface area contributed by atoms with E-state index >= 15 is 0 Å². The minimum atomic E-state index is 0.781. The van der Waals surface area contributed by atoms with Crippen molar-refractivity contribution in [1.82, 2.24) is 9.38 Å². The Bertz CT molecular complexity index is 487. The highest BCUT2D eigenvalue weighted by molar-refractivity contribution is 6.30. The van der Waals surface area contributed by atoms with E-state index in [4.69, 9.17) is 11.6 Å². The van der Waals surface area contributed by atoms with Crippen molar-refractivity contribution in [2.75, 3.05) is 0 Å². The summed E-state index contributed by atoms with van der Waals surface area (Å²) in [5.41, 5.74) is 3.65. The summed E-state index contributed by atoms with van der Waals surface area (Å²) in [5.74, 6) is 0. The van der Waals surface area contributed by atoms with Gasteiger partial charge in [0.25, 0.3) is 0 Å². The van der Waals surface area contributed by atoms with Crippen LogP contribution in [-0.4, -0.2) is 9.38 Å². The van der Waals surface area contributed by atoms with Crippen molar-refractivity contribution in [3.05, 3.63) is 34.7 Å². The third kappa shape index (κ3) is 1.14. The van der Waals surface area contributed by atoms with Gasteiger partial charge in [0.15, 0.2) is 0 Å². The average Bonchev–Trinajstić information content (AvgIpc) is 2.56. The van der Waals surface area contributed by atoms with E-state index in [2.05, 4.69) is 9.38 Å². The average molecular weight is 207 g/mol. The number of hydrogen-bond acceptors (Lipinski definition) is 1. The second kappa shape index (κ2) is 2.99. The summed E-state index contributed by atoms with van der Waals surface area (Å²) in [4.78, 5) is 4.60. The van der Waals surface area contributed by atoms with E-state index in [0.717, 1.165) is 23.5 Å². The fraction of sp³-hybridized carbons (Fsp3) is 0.364. The van der Waals surface area contributed by atoms with Gasteiger partial charge < -0.3 is 4.40 Å². The van der Waals surface area contributed by atoms with Crippen molar-refractivity contribution in [1.29, 1.82) is 0 Å². The van der Waals surface area contributed by atoms with Gasteiger partial charge in [0, 0.05) is 11.9 Å². The van der Waals surface area contributed by atoms with Crippen molar-refractivity contribution in [3.8, 4) is 0 Å². The minimum absolute atomic E-state index is 0.781. The molecule has 0 bridgehead atoms. The maximum atomic E-state index is 5.97. The van der Waals surface area contributed by atoms with Gasteiger partial charge in [0.1, 0.15) is 5.65 Å². The van der Waals surface area contributed by atoms with Crippen molar-refractivity contribution >= 4 is 17.2 Å². The van der Waals surface area contributed by atoms with Crippen molar-refractivity contribution < 1.29 is 0 Å². The first-order valence-electron chi connectivity index (χ1n) is 5.00. The molecule has 0 saturated carbocycles. The van der Waals surface area contributed by atoms with Crippen LogP contribution in [0.25, 0.3) is 5.65 Å². The predicted octanol–water partition coefficient (Wildman–Crippen LogP) is 2.87. The largest absolute Gasteiger partial charge is 0.302 e. The van der Waals surface area contributed by atoms with Crippen LogP contribution < -0.4 is 0 Å². The molecule has 1 aliphatic rings. The van der Waals surface area contributed by atoms with Crippen LogP contribution in [-0.2, 0) is 12.8 Å². The van der Waals surface area contributed by atoms with Crippen LogP contribution in [0.1, 0.15) is 24.2 Å². The number of pyridine rings is 1. The Morgan fingerprint density at radius 1 is 1.21 bits per heavy atom. The van der Waals surface area contributed by atoms with E-state index in [9.17, 15) is 0 Å². The monoisotopic (exact) mass is 206 g/mol. The maximum Gasteiger partial charge on any atom is 0.137 e. The summed E-state index contributed by atoms with van der Waals surface area (Å²) in [6.07, 6.45) is 6.76. The first-order chi connectivity index (χ1) is 6.84. The highest BCUT2D eigenvalue weighted by Crippen LogP contribution is 2.23. The summed E-state index contributed by atoms with van der Waals surface area (Å²) in [7, 11) is 0. The minimum Gasteiger partial charge on any atom is -0.302 e. The summed E-state index contributed by atoms with van der Waals surface area (Å²) < 4.78 is 2.14. The molecule has 0 aromatic carbocycles. The van der Waals surface area contributed by atoms with E-state index < -0.39 is 0 Å². The Hall–Kier alpha value is -1.02. The fourth-order valence-electron chi connectivity index (χ4n) is 2.17. The summed E-state index contributed by atoms with van der Waals surface area (Å²) in [6.45, 7) is 0. The molecule has 0 unspecified atom stereocenters. The lowest BCUT2D eigenvalue weighted by Crippen LogP contribution is -2.03. The lowest BCUT2D eigenvalue weighted by atomic mass is 10.0. The van der Waals surface area contributed by atoms with Crippen molar-refractivity contribution in [2.24, 2.45) is 0 Å². The molecule has 2 heterocycles. The normalized spacial score (nSPS) is 15.8. The van der Waals surface area contributed by atoms with Gasteiger partial charge in [-0.05, 0) is 37.8 Å². The topological polar surface area (TPSA) is 17.3 Å². The summed E-state index contributed by atoms with van der Waals surface area (Å²) in [5, 5.41) is 0.781. The quantitative estimate of drug-likeness (QED) is 0.648. The molecule has 0 amide bonds. The van der Waals surface area contributed by atoms with E-state index in [1.807, 2.05) is 18.3 Å². The highest BCUT2D eigenvalue weighted by Gasteiger charge is 2.15. The van der Waals surface area contributed by atoms with Crippen molar-refractivity contribution in [3.63, 3.8) is 0 Å². The van der Waals surface area contributed by atoms with Gasteiger partial charge in [-0.3, -0.25) is 0 Å². The Morgan fingerprint density at radius 3 is 3.00 bits per heavy atom. The molecule has 72 valence electrons. The van der Waals surface area contributed by atoms with Gasteiger partial charge in [0.05, 0.1) is 10.7 Å². The fourth-order valence-corrected chi connectivity index (χ4v) is 2.33. The zero-order valence-corrected chi connectivity index (χ0v) is 8.59.